The molecule has 1 saturated carbocycles. The summed E-state index contributed by atoms with van der Waals surface area (Å²) in [7, 11) is 0. The minimum absolute atomic E-state index is 0.201. The van der Waals surface area contributed by atoms with Crippen molar-refractivity contribution in [3.05, 3.63) is 30.1 Å². The van der Waals surface area contributed by atoms with Crippen LogP contribution in [-0.2, 0) is 4.74 Å². The first-order valence-electron chi connectivity index (χ1n) is 6.85. The van der Waals surface area contributed by atoms with Crippen LogP contribution in [-0.4, -0.2) is 19.3 Å². The summed E-state index contributed by atoms with van der Waals surface area (Å²) in [6.45, 7) is 3.79. The molecule has 0 spiro atoms. The molecule has 1 N–H and O–H groups in total. The van der Waals surface area contributed by atoms with Gasteiger partial charge < -0.3 is 10.1 Å². The Balaban J connectivity index is 1.62. The van der Waals surface area contributed by atoms with Gasteiger partial charge in [-0.3, -0.25) is 0 Å². The molecule has 0 saturated heterocycles. The first-order chi connectivity index (χ1) is 8.74. The lowest BCUT2D eigenvalue weighted by atomic mass is 9.89. The van der Waals surface area contributed by atoms with Crippen LogP contribution in [0.15, 0.2) is 24.3 Å². The Morgan fingerprint density at radius 1 is 1.28 bits per heavy atom. The summed E-state index contributed by atoms with van der Waals surface area (Å²) in [5.74, 6) is 0.599. The third kappa shape index (κ3) is 4.30. The standard InChI is InChI=1S/C15H22FNO/c1-12-3-2-4-15(11-12)18-10-9-17-14-7-5-13(16)6-8-14/h5-8,12,15,17H,2-4,9-11H2,1H3. The summed E-state index contributed by atoms with van der Waals surface area (Å²) in [6.07, 6.45) is 5.45. The highest BCUT2D eigenvalue weighted by Gasteiger charge is 2.18. The van der Waals surface area contributed by atoms with Gasteiger partial charge in [0, 0.05) is 12.2 Å². The van der Waals surface area contributed by atoms with Gasteiger partial charge in [0.05, 0.1) is 12.7 Å². The van der Waals surface area contributed by atoms with Crippen molar-refractivity contribution in [1.29, 1.82) is 0 Å². The van der Waals surface area contributed by atoms with E-state index in [0.717, 1.165) is 24.8 Å². The molecule has 18 heavy (non-hydrogen) atoms. The second-order valence-electron chi connectivity index (χ2n) is 5.20. The average Bonchev–Trinajstić information content (AvgIpc) is 2.37. The summed E-state index contributed by atoms with van der Waals surface area (Å²) >= 11 is 0. The van der Waals surface area contributed by atoms with Gasteiger partial charge in [0.25, 0.3) is 0 Å². The van der Waals surface area contributed by atoms with Crippen molar-refractivity contribution in [2.75, 3.05) is 18.5 Å². The van der Waals surface area contributed by atoms with E-state index in [-0.39, 0.29) is 5.82 Å². The van der Waals surface area contributed by atoms with E-state index in [1.807, 2.05) is 0 Å². The molecule has 0 bridgehead atoms. The molecule has 1 aromatic rings. The van der Waals surface area contributed by atoms with E-state index in [1.165, 1.54) is 37.8 Å². The lowest BCUT2D eigenvalue weighted by molar-refractivity contribution is 0.0213. The second kappa shape index (κ2) is 6.74. The van der Waals surface area contributed by atoms with E-state index in [9.17, 15) is 4.39 Å². The third-order valence-electron chi connectivity index (χ3n) is 3.52. The van der Waals surface area contributed by atoms with Crippen molar-refractivity contribution in [2.24, 2.45) is 5.92 Å². The van der Waals surface area contributed by atoms with Crippen molar-refractivity contribution >= 4 is 5.69 Å². The van der Waals surface area contributed by atoms with Crippen molar-refractivity contribution in [3.8, 4) is 0 Å². The van der Waals surface area contributed by atoms with Gasteiger partial charge in [-0.1, -0.05) is 19.8 Å². The fourth-order valence-corrected chi connectivity index (χ4v) is 2.52. The minimum atomic E-state index is -0.201. The van der Waals surface area contributed by atoms with Gasteiger partial charge in [-0.05, 0) is 43.0 Å². The largest absolute Gasteiger partial charge is 0.383 e. The van der Waals surface area contributed by atoms with Crippen LogP contribution in [0.5, 0.6) is 0 Å². The molecule has 2 rings (SSSR count). The summed E-state index contributed by atoms with van der Waals surface area (Å²) < 4.78 is 18.6. The summed E-state index contributed by atoms with van der Waals surface area (Å²) in [6, 6.07) is 6.42. The summed E-state index contributed by atoms with van der Waals surface area (Å²) in [4.78, 5) is 0. The number of hydrogen-bond donors (Lipinski definition) is 1. The molecule has 0 heterocycles. The molecule has 1 aromatic carbocycles. The molecule has 1 aliphatic rings. The normalized spacial score (nSPS) is 23.9. The van der Waals surface area contributed by atoms with Crippen LogP contribution in [0, 0.1) is 11.7 Å². The van der Waals surface area contributed by atoms with E-state index in [4.69, 9.17) is 4.74 Å². The Kier molecular flexibility index (Phi) is 5.00. The predicted octanol–water partition coefficient (Wildman–Crippen LogP) is 3.83. The maximum absolute atomic E-state index is 12.7. The third-order valence-corrected chi connectivity index (χ3v) is 3.52. The smallest absolute Gasteiger partial charge is 0.123 e. The molecule has 100 valence electrons. The highest BCUT2D eigenvalue weighted by Crippen LogP contribution is 2.25. The van der Waals surface area contributed by atoms with Gasteiger partial charge in [0.15, 0.2) is 0 Å². The highest BCUT2D eigenvalue weighted by molar-refractivity contribution is 5.42. The quantitative estimate of drug-likeness (QED) is 0.803. The number of hydrogen-bond acceptors (Lipinski definition) is 2. The molecule has 2 unspecified atom stereocenters. The lowest BCUT2D eigenvalue weighted by Gasteiger charge is -2.26. The number of ether oxygens (including phenoxy) is 1. The van der Waals surface area contributed by atoms with Crippen molar-refractivity contribution < 1.29 is 9.13 Å². The number of halogens is 1. The van der Waals surface area contributed by atoms with Crippen LogP contribution in [0.1, 0.15) is 32.6 Å². The van der Waals surface area contributed by atoms with Crippen molar-refractivity contribution in [1.82, 2.24) is 0 Å². The van der Waals surface area contributed by atoms with Crippen molar-refractivity contribution in [3.63, 3.8) is 0 Å². The Morgan fingerprint density at radius 3 is 2.78 bits per heavy atom. The Morgan fingerprint density at radius 2 is 2.06 bits per heavy atom. The van der Waals surface area contributed by atoms with Crippen LogP contribution < -0.4 is 5.32 Å². The zero-order valence-electron chi connectivity index (χ0n) is 11.0. The van der Waals surface area contributed by atoms with Gasteiger partial charge in [0.1, 0.15) is 5.82 Å². The summed E-state index contributed by atoms with van der Waals surface area (Å²) in [5, 5.41) is 3.23. The van der Waals surface area contributed by atoms with E-state index in [2.05, 4.69) is 12.2 Å². The molecule has 0 aromatic heterocycles. The molecule has 0 amide bonds. The van der Waals surface area contributed by atoms with Crippen LogP contribution in [0.3, 0.4) is 0 Å². The van der Waals surface area contributed by atoms with Crippen LogP contribution in [0.4, 0.5) is 10.1 Å². The molecule has 2 atom stereocenters. The molecule has 1 aliphatic carbocycles. The zero-order chi connectivity index (χ0) is 12.8. The molecule has 0 aliphatic heterocycles. The molecule has 0 radical (unpaired) electrons. The van der Waals surface area contributed by atoms with Crippen molar-refractivity contribution in [2.45, 2.75) is 38.7 Å². The van der Waals surface area contributed by atoms with Gasteiger partial charge in [0.2, 0.25) is 0 Å². The molecule has 2 nitrogen and oxygen atoms in total. The molecular weight excluding hydrogens is 229 g/mol. The number of nitrogens with one attached hydrogen (secondary N) is 1. The topological polar surface area (TPSA) is 21.3 Å². The van der Waals surface area contributed by atoms with E-state index in [0.29, 0.717) is 6.10 Å². The minimum Gasteiger partial charge on any atom is -0.383 e. The van der Waals surface area contributed by atoms with E-state index in [1.54, 1.807) is 12.1 Å². The summed E-state index contributed by atoms with van der Waals surface area (Å²) in [5.41, 5.74) is 0.942. The van der Waals surface area contributed by atoms with Crippen LogP contribution in [0.2, 0.25) is 0 Å². The fraction of sp³-hybridized carbons (Fsp3) is 0.600. The van der Waals surface area contributed by atoms with Gasteiger partial charge in [-0.25, -0.2) is 4.39 Å². The lowest BCUT2D eigenvalue weighted by Crippen LogP contribution is -2.24. The van der Waals surface area contributed by atoms with Gasteiger partial charge in [-0.15, -0.1) is 0 Å². The monoisotopic (exact) mass is 251 g/mol. The Labute approximate surface area is 109 Å². The van der Waals surface area contributed by atoms with Gasteiger partial charge in [-0.2, -0.15) is 0 Å². The van der Waals surface area contributed by atoms with Crippen LogP contribution in [0.25, 0.3) is 0 Å². The number of anilines is 1. The maximum Gasteiger partial charge on any atom is 0.123 e. The maximum atomic E-state index is 12.7. The van der Waals surface area contributed by atoms with E-state index < -0.39 is 0 Å². The molecule has 3 heteroatoms. The SMILES string of the molecule is CC1CCCC(OCCNc2ccc(F)cc2)C1. The Hall–Kier alpha value is -1.09. The number of benzene rings is 1. The zero-order valence-corrected chi connectivity index (χ0v) is 11.0. The fourth-order valence-electron chi connectivity index (χ4n) is 2.52. The van der Waals surface area contributed by atoms with Gasteiger partial charge >= 0.3 is 0 Å². The Bertz CT molecular complexity index is 352. The second-order valence-corrected chi connectivity index (χ2v) is 5.20. The van der Waals surface area contributed by atoms with Crippen LogP contribution >= 0.6 is 0 Å². The predicted molar refractivity (Wildman–Crippen MR) is 72.3 cm³/mol. The number of rotatable bonds is 5. The molecular formula is C15H22FNO. The highest BCUT2D eigenvalue weighted by atomic mass is 19.1. The molecule has 1 fully saturated rings. The average molecular weight is 251 g/mol. The van der Waals surface area contributed by atoms with E-state index >= 15 is 0 Å². The first kappa shape index (κ1) is 13.3. The first-order valence-corrected chi connectivity index (χ1v) is 6.85.